The molecule has 5 nitrogen and oxygen atoms in total. The van der Waals surface area contributed by atoms with Gasteiger partial charge in [0.2, 0.25) is 0 Å². The number of alkyl halides is 1. The van der Waals surface area contributed by atoms with E-state index in [9.17, 15) is 0 Å². The third kappa shape index (κ3) is 2.20. The number of azide groups is 1. The summed E-state index contributed by atoms with van der Waals surface area (Å²) < 4.78 is 5.52. The molecule has 0 amide bonds. The Morgan fingerprint density at radius 1 is 1.50 bits per heavy atom. The highest BCUT2D eigenvalue weighted by molar-refractivity contribution is 9.09. The summed E-state index contributed by atoms with van der Waals surface area (Å²) in [4.78, 5) is 2.83. The van der Waals surface area contributed by atoms with Crippen molar-refractivity contribution < 1.29 is 9.84 Å². The van der Waals surface area contributed by atoms with Gasteiger partial charge in [-0.3, -0.25) is 0 Å². The first kappa shape index (κ1) is 11.8. The van der Waals surface area contributed by atoms with Gasteiger partial charge >= 0.3 is 0 Å². The molecule has 0 spiro atoms. The third-order valence-electron chi connectivity index (χ3n) is 2.75. The highest BCUT2D eigenvalue weighted by Gasteiger charge is 2.39. The molecule has 0 aromatic carbocycles. The van der Waals surface area contributed by atoms with E-state index in [1.54, 1.807) is 0 Å². The lowest BCUT2D eigenvalue weighted by atomic mass is 9.85. The Kier molecular flexibility index (Phi) is 4.19. The fraction of sp³-hybridized carbons (Fsp3) is 1.00. The van der Waals surface area contributed by atoms with Gasteiger partial charge in [0.25, 0.3) is 0 Å². The summed E-state index contributed by atoms with van der Waals surface area (Å²) >= 11 is 3.36. The van der Waals surface area contributed by atoms with Crippen LogP contribution >= 0.6 is 15.9 Å². The van der Waals surface area contributed by atoms with Crippen molar-refractivity contribution in [2.45, 2.75) is 31.0 Å². The number of rotatable bonds is 2. The lowest BCUT2D eigenvalue weighted by Crippen LogP contribution is -2.47. The average Bonchev–Trinajstić information content (AvgIpc) is 2.18. The molecule has 1 fully saturated rings. The first-order valence-corrected chi connectivity index (χ1v) is 5.48. The van der Waals surface area contributed by atoms with E-state index in [4.69, 9.17) is 15.4 Å². The number of hydrogen-bond donors (Lipinski definition) is 1. The molecule has 80 valence electrons. The highest BCUT2D eigenvalue weighted by Crippen LogP contribution is 2.34. The molecule has 6 heteroatoms. The second-order valence-corrected chi connectivity index (χ2v) is 4.52. The second kappa shape index (κ2) is 4.98. The zero-order valence-electron chi connectivity index (χ0n) is 8.17. The Labute approximate surface area is 91.2 Å². The van der Waals surface area contributed by atoms with Gasteiger partial charge in [0, 0.05) is 16.9 Å². The van der Waals surface area contributed by atoms with E-state index >= 15 is 0 Å². The van der Waals surface area contributed by atoms with Gasteiger partial charge in [0.05, 0.1) is 12.7 Å². The highest BCUT2D eigenvalue weighted by atomic mass is 79.9. The van der Waals surface area contributed by atoms with Crippen molar-refractivity contribution in [2.24, 2.45) is 17.0 Å². The van der Waals surface area contributed by atoms with Crippen LogP contribution in [0, 0.1) is 11.8 Å². The van der Waals surface area contributed by atoms with E-state index in [1.807, 2.05) is 13.8 Å². The predicted octanol–water partition coefficient (Wildman–Crippen LogP) is 2.05. The summed E-state index contributed by atoms with van der Waals surface area (Å²) in [5.41, 5.74) is 8.44. The van der Waals surface area contributed by atoms with Gasteiger partial charge in [-0.25, -0.2) is 0 Å². The van der Waals surface area contributed by atoms with Crippen LogP contribution in [0.5, 0.6) is 0 Å². The molecule has 0 radical (unpaired) electrons. The Morgan fingerprint density at radius 3 is 2.64 bits per heavy atom. The topological polar surface area (TPSA) is 78.2 Å². The number of hydrogen-bond acceptors (Lipinski definition) is 3. The van der Waals surface area contributed by atoms with Crippen molar-refractivity contribution in [3.63, 3.8) is 0 Å². The molecular formula is C8H14BrN3O2. The van der Waals surface area contributed by atoms with Gasteiger partial charge in [-0.15, -0.1) is 0 Å². The Bertz CT molecular complexity index is 245. The molecule has 1 aliphatic heterocycles. The maximum absolute atomic E-state index is 9.07. The van der Waals surface area contributed by atoms with Crippen molar-refractivity contribution in [2.75, 3.05) is 6.61 Å². The van der Waals surface area contributed by atoms with Crippen LogP contribution in [0.25, 0.3) is 10.4 Å². The van der Waals surface area contributed by atoms with E-state index in [0.29, 0.717) is 0 Å². The third-order valence-corrected chi connectivity index (χ3v) is 3.80. The van der Waals surface area contributed by atoms with Crippen molar-refractivity contribution in [1.29, 1.82) is 0 Å². The zero-order chi connectivity index (χ0) is 10.7. The number of halogens is 1. The molecule has 1 saturated heterocycles. The Hall–Kier alpha value is -0.290. The summed E-state index contributed by atoms with van der Waals surface area (Å²) in [6.07, 6.45) is -0.258. The maximum Gasteiger partial charge on any atom is 0.115 e. The minimum Gasteiger partial charge on any atom is -0.394 e. The van der Waals surface area contributed by atoms with Crippen LogP contribution in [0.1, 0.15) is 13.8 Å². The van der Waals surface area contributed by atoms with Crippen molar-refractivity contribution >= 4 is 15.9 Å². The van der Waals surface area contributed by atoms with Crippen molar-refractivity contribution in [3.05, 3.63) is 10.4 Å². The van der Waals surface area contributed by atoms with Crippen molar-refractivity contribution in [3.8, 4) is 0 Å². The lowest BCUT2D eigenvalue weighted by molar-refractivity contribution is -0.0932. The van der Waals surface area contributed by atoms with Crippen LogP contribution in [0.3, 0.4) is 0 Å². The molecule has 2 unspecified atom stereocenters. The van der Waals surface area contributed by atoms with E-state index in [2.05, 4.69) is 26.0 Å². The molecular weight excluding hydrogens is 250 g/mol. The van der Waals surface area contributed by atoms with Gasteiger partial charge in [0.1, 0.15) is 5.01 Å². The molecule has 1 aliphatic rings. The fourth-order valence-corrected chi connectivity index (χ4v) is 2.34. The van der Waals surface area contributed by atoms with E-state index in [-0.39, 0.29) is 35.6 Å². The van der Waals surface area contributed by atoms with E-state index < -0.39 is 0 Å². The predicted molar refractivity (Wildman–Crippen MR) is 55.9 cm³/mol. The molecule has 1 heterocycles. The van der Waals surface area contributed by atoms with Gasteiger partial charge in [-0.2, -0.15) is 0 Å². The Balaban J connectivity index is 2.82. The van der Waals surface area contributed by atoms with E-state index in [0.717, 1.165) is 0 Å². The molecule has 0 aliphatic carbocycles. The molecule has 1 N–H and O–H groups in total. The summed E-state index contributed by atoms with van der Waals surface area (Å²) in [7, 11) is 0. The van der Waals surface area contributed by atoms with Gasteiger partial charge in [-0.05, 0) is 11.4 Å². The fourth-order valence-electron chi connectivity index (χ4n) is 1.75. The van der Waals surface area contributed by atoms with Crippen LogP contribution in [0.4, 0.5) is 0 Å². The van der Waals surface area contributed by atoms with Gasteiger partial charge in [0.15, 0.2) is 0 Å². The summed E-state index contributed by atoms with van der Waals surface area (Å²) in [6.45, 7) is 3.84. The lowest BCUT2D eigenvalue weighted by Gasteiger charge is -2.40. The molecule has 5 atom stereocenters. The molecule has 0 bridgehead atoms. The zero-order valence-corrected chi connectivity index (χ0v) is 9.75. The van der Waals surface area contributed by atoms with Gasteiger partial charge < -0.3 is 9.84 Å². The molecule has 0 aromatic heterocycles. The molecule has 0 aromatic rings. The molecule has 1 rings (SSSR count). The summed E-state index contributed by atoms with van der Waals surface area (Å²) in [5.74, 6) is 0.156. The standard InChI is InChI=1S/C8H14BrN3O2/c1-4-6(3-13)14-8(9)5(2)7(4)11-12-10/h4-8,13H,3H2,1-2H3/t4-,5-,6?,7?,8-/m0/s1. The minimum absolute atomic E-state index is 0.0414. The average molecular weight is 264 g/mol. The normalized spacial score (nSPS) is 43.0. The molecule has 0 saturated carbocycles. The van der Waals surface area contributed by atoms with Crippen LogP contribution < -0.4 is 0 Å². The second-order valence-electron chi connectivity index (χ2n) is 3.62. The maximum atomic E-state index is 9.07. The number of aliphatic hydroxyl groups is 1. The first-order valence-electron chi connectivity index (χ1n) is 4.56. The van der Waals surface area contributed by atoms with E-state index in [1.165, 1.54) is 0 Å². The van der Waals surface area contributed by atoms with Crippen LogP contribution in [-0.4, -0.2) is 28.9 Å². The van der Waals surface area contributed by atoms with Crippen molar-refractivity contribution in [1.82, 2.24) is 0 Å². The monoisotopic (exact) mass is 263 g/mol. The SMILES string of the molecule is C[C@H]1C(CO)O[C@H](Br)[C@@H](C)C1N=[N+]=[N-]. The summed E-state index contributed by atoms with van der Waals surface area (Å²) in [5, 5.41) is 12.7. The smallest absolute Gasteiger partial charge is 0.115 e. The van der Waals surface area contributed by atoms with Gasteiger partial charge in [-0.1, -0.05) is 34.9 Å². The minimum atomic E-state index is -0.258. The quantitative estimate of drug-likeness (QED) is 0.358. The van der Waals surface area contributed by atoms with Crippen LogP contribution in [0.2, 0.25) is 0 Å². The largest absolute Gasteiger partial charge is 0.394 e. The first-order chi connectivity index (χ1) is 6.61. The molecule has 14 heavy (non-hydrogen) atoms. The number of nitrogens with zero attached hydrogens (tertiary/aromatic N) is 3. The van der Waals surface area contributed by atoms with Crippen LogP contribution in [0.15, 0.2) is 5.11 Å². The number of aliphatic hydroxyl groups excluding tert-OH is 1. The van der Waals surface area contributed by atoms with Crippen LogP contribution in [-0.2, 0) is 4.74 Å². The number of ether oxygens (including phenoxy) is 1. The summed E-state index contributed by atoms with van der Waals surface area (Å²) in [6, 6.07) is -0.129. The Morgan fingerprint density at radius 2 is 2.14 bits per heavy atom.